The minimum Gasteiger partial charge on any atom is -0.444 e. The fourth-order valence-corrected chi connectivity index (χ4v) is 3.85. The van der Waals surface area contributed by atoms with E-state index in [1.165, 1.54) is 0 Å². The lowest BCUT2D eigenvalue weighted by molar-refractivity contribution is -0.144. The van der Waals surface area contributed by atoms with Crippen molar-refractivity contribution in [2.45, 2.75) is 59.2 Å². The molecule has 3 rings (SSSR count). The van der Waals surface area contributed by atoms with Gasteiger partial charge in [0.15, 0.2) is 0 Å². The molecule has 10 nitrogen and oxygen atoms in total. The second-order valence-electron chi connectivity index (χ2n) is 9.57. The summed E-state index contributed by atoms with van der Waals surface area (Å²) in [5.41, 5.74) is 1.14. The summed E-state index contributed by atoms with van der Waals surface area (Å²) in [4.78, 5) is 35.9. The number of nitrogens with zero attached hydrogens (tertiary/aromatic N) is 6. The van der Waals surface area contributed by atoms with E-state index in [0.717, 1.165) is 4.52 Å². The standard InChI is InChI=1S/C22H32F3N7O3/c1-14-16(15(2)32-19(27-14)28-18(29-32)22(23,24)25)6-7-17(33)26-8-9-30-10-12-31(13-11-30)20(34)35-21(3,4)5/h6-13H2,1-5H3,(H,26,33). The summed E-state index contributed by atoms with van der Waals surface area (Å²) < 4.78 is 45.3. The molecule has 0 aromatic carbocycles. The van der Waals surface area contributed by atoms with E-state index in [2.05, 4.69) is 25.3 Å². The summed E-state index contributed by atoms with van der Waals surface area (Å²) >= 11 is 0. The van der Waals surface area contributed by atoms with Crippen molar-refractivity contribution in [3.8, 4) is 0 Å². The molecule has 0 unspecified atom stereocenters. The molecule has 2 aromatic heterocycles. The molecule has 0 atom stereocenters. The maximum atomic E-state index is 12.9. The van der Waals surface area contributed by atoms with Gasteiger partial charge >= 0.3 is 12.3 Å². The van der Waals surface area contributed by atoms with Gasteiger partial charge in [-0.25, -0.2) is 14.3 Å². The third-order valence-corrected chi connectivity index (χ3v) is 5.68. The van der Waals surface area contributed by atoms with E-state index in [-0.39, 0.29) is 24.2 Å². The normalized spacial score (nSPS) is 15.5. The lowest BCUT2D eigenvalue weighted by atomic mass is 10.1. The Balaban J connectivity index is 1.45. The molecule has 0 saturated carbocycles. The van der Waals surface area contributed by atoms with Crippen molar-refractivity contribution in [2.24, 2.45) is 0 Å². The van der Waals surface area contributed by atoms with Crippen molar-refractivity contribution in [3.63, 3.8) is 0 Å². The Kier molecular flexibility index (Phi) is 7.87. The van der Waals surface area contributed by atoms with Crippen LogP contribution in [0.4, 0.5) is 18.0 Å². The van der Waals surface area contributed by atoms with Gasteiger partial charge in [0, 0.05) is 57.1 Å². The fraction of sp³-hybridized carbons (Fsp3) is 0.682. The average Bonchev–Trinajstić information content (AvgIpc) is 3.17. The number of ether oxygens (including phenoxy) is 1. The monoisotopic (exact) mass is 499 g/mol. The third-order valence-electron chi connectivity index (χ3n) is 5.68. The summed E-state index contributed by atoms with van der Waals surface area (Å²) in [5.74, 6) is -1.52. The second kappa shape index (κ2) is 10.3. The Morgan fingerprint density at radius 3 is 2.31 bits per heavy atom. The van der Waals surface area contributed by atoms with E-state index in [4.69, 9.17) is 4.74 Å². The van der Waals surface area contributed by atoms with Crippen LogP contribution < -0.4 is 5.32 Å². The van der Waals surface area contributed by atoms with Gasteiger partial charge in [0.25, 0.3) is 11.6 Å². The van der Waals surface area contributed by atoms with E-state index in [1.807, 2.05) is 20.8 Å². The average molecular weight is 500 g/mol. The number of alkyl halides is 3. The molecular weight excluding hydrogens is 467 g/mol. The first-order valence-corrected chi connectivity index (χ1v) is 11.5. The smallest absolute Gasteiger partial charge is 0.444 e. The Bertz CT molecular complexity index is 1070. The van der Waals surface area contributed by atoms with Crippen LogP contribution in [0, 0.1) is 13.8 Å². The van der Waals surface area contributed by atoms with Crippen LogP contribution in [0.15, 0.2) is 0 Å². The molecule has 13 heteroatoms. The van der Waals surface area contributed by atoms with Crippen LogP contribution in [0.25, 0.3) is 5.78 Å². The van der Waals surface area contributed by atoms with Gasteiger partial charge in [-0.2, -0.15) is 18.2 Å². The molecular formula is C22H32F3N7O3. The molecule has 2 amide bonds. The molecule has 0 bridgehead atoms. The highest BCUT2D eigenvalue weighted by Crippen LogP contribution is 2.27. The van der Waals surface area contributed by atoms with Crippen LogP contribution in [0.5, 0.6) is 0 Å². The summed E-state index contributed by atoms with van der Waals surface area (Å²) in [6, 6.07) is 0. The van der Waals surface area contributed by atoms with Gasteiger partial charge in [0.2, 0.25) is 5.91 Å². The molecule has 0 aliphatic carbocycles. The number of rotatable bonds is 6. The highest BCUT2D eigenvalue weighted by Gasteiger charge is 2.37. The van der Waals surface area contributed by atoms with Crippen LogP contribution in [0.3, 0.4) is 0 Å². The van der Waals surface area contributed by atoms with E-state index < -0.39 is 17.6 Å². The zero-order valence-electron chi connectivity index (χ0n) is 20.7. The lowest BCUT2D eigenvalue weighted by Crippen LogP contribution is -2.51. The molecule has 0 radical (unpaired) electrons. The van der Waals surface area contributed by atoms with Gasteiger partial charge in [-0.15, -0.1) is 5.10 Å². The molecule has 2 aromatic rings. The molecule has 1 aliphatic heterocycles. The first-order chi connectivity index (χ1) is 16.2. The molecule has 194 valence electrons. The van der Waals surface area contributed by atoms with E-state index in [0.29, 0.717) is 62.6 Å². The van der Waals surface area contributed by atoms with Crippen LogP contribution in [-0.2, 0) is 22.1 Å². The quantitative estimate of drug-likeness (QED) is 0.651. The number of carbonyl (C=O) groups excluding carboxylic acids is 2. The zero-order valence-corrected chi connectivity index (χ0v) is 20.7. The van der Waals surface area contributed by atoms with Crippen molar-refractivity contribution in [3.05, 3.63) is 22.8 Å². The summed E-state index contributed by atoms with van der Waals surface area (Å²) in [6.45, 7) is 12.4. The molecule has 1 saturated heterocycles. The third kappa shape index (κ3) is 7.03. The van der Waals surface area contributed by atoms with Gasteiger partial charge in [-0.3, -0.25) is 9.69 Å². The summed E-state index contributed by atoms with van der Waals surface area (Å²) in [6.07, 6.45) is -4.48. The number of aromatic nitrogens is 4. The van der Waals surface area contributed by atoms with E-state index in [9.17, 15) is 22.8 Å². The minimum atomic E-state index is -4.66. The Morgan fingerprint density at radius 2 is 1.71 bits per heavy atom. The summed E-state index contributed by atoms with van der Waals surface area (Å²) in [5, 5.41) is 6.40. The lowest BCUT2D eigenvalue weighted by Gasteiger charge is -2.35. The predicted octanol–water partition coefficient (Wildman–Crippen LogP) is 2.36. The van der Waals surface area contributed by atoms with Gasteiger partial charge in [0.05, 0.1) is 0 Å². The van der Waals surface area contributed by atoms with Crippen LogP contribution in [0.2, 0.25) is 0 Å². The number of nitrogens with one attached hydrogen (secondary N) is 1. The van der Waals surface area contributed by atoms with Gasteiger partial charge in [-0.1, -0.05) is 0 Å². The number of hydrogen-bond acceptors (Lipinski definition) is 7. The number of halogens is 3. The number of aryl methyl sites for hydroxylation is 2. The topological polar surface area (TPSA) is 105 Å². The molecule has 0 spiro atoms. The number of amides is 2. The van der Waals surface area contributed by atoms with Crippen molar-refractivity contribution in [2.75, 3.05) is 39.3 Å². The van der Waals surface area contributed by atoms with Gasteiger partial charge in [-0.05, 0) is 46.6 Å². The van der Waals surface area contributed by atoms with Gasteiger partial charge in [0.1, 0.15) is 5.60 Å². The minimum absolute atomic E-state index is 0.118. The van der Waals surface area contributed by atoms with Crippen LogP contribution in [-0.4, -0.2) is 86.3 Å². The molecule has 1 aliphatic rings. The van der Waals surface area contributed by atoms with Gasteiger partial charge < -0.3 is 15.0 Å². The fourth-order valence-electron chi connectivity index (χ4n) is 3.85. The highest BCUT2D eigenvalue weighted by atomic mass is 19.4. The largest absolute Gasteiger partial charge is 0.453 e. The number of hydrogen-bond donors (Lipinski definition) is 1. The van der Waals surface area contributed by atoms with Crippen LogP contribution in [0.1, 0.15) is 50.0 Å². The van der Waals surface area contributed by atoms with Crippen molar-refractivity contribution in [1.82, 2.24) is 34.7 Å². The Hall–Kier alpha value is -2.96. The highest BCUT2D eigenvalue weighted by molar-refractivity contribution is 5.76. The predicted molar refractivity (Wildman–Crippen MR) is 121 cm³/mol. The number of fused-ring (bicyclic) bond motifs is 1. The van der Waals surface area contributed by atoms with Crippen molar-refractivity contribution >= 4 is 17.8 Å². The Morgan fingerprint density at radius 1 is 1.06 bits per heavy atom. The van der Waals surface area contributed by atoms with E-state index in [1.54, 1.807) is 18.7 Å². The zero-order chi connectivity index (χ0) is 26.0. The van der Waals surface area contributed by atoms with Crippen molar-refractivity contribution < 1.29 is 27.5 Å². The Labute approximate surface area is 201 Å². The first-order valence-electron chi connectivity index (χ1n) is 11.5. The summed E-state index contributed by atoms with van der Waals surface area (Å²) in [7, 11) is 0. The molecule has 3 heterocycles. The number of carbonyl (C=O) groups is 2. The van der Waals surface area contributed by atoms with E-state index >= 15 is 0 Å². The maximum absolute atomic E-state index is 12.9. The SMILES string of the molecule is Cc1nc2nc(C(F)(F)F)nn2c(C)c1CCC(=O)NCCN1CCN(C(=O)OC(C)(C)C)CC1. The maximum Gasteiger partial charge on any atom is 0.453 e. The van der Waals surface area contributed by atoms with Crippen LogP contribution >= 0.6 is 0 Å². The molecule has 35 heavy (non-hydrogen) atoms. The molecule has 1 N–H and O–H groups in total. The first kappa shape index (κ1) is 26.6. The number of piperazine rings is 1. The van der Waals surface area contributed by atoms with Crippen molar-refractivity contribution in [1.29, 1.82) is 0 Å². The molecule has 1 fully saturated rings. The second-order valence-corrected chi connectivity index (χ2v) is 9.57.